The van der Waals surface area contributed by atoms with Gasteiger partial charge in [-0.3, -0.25) is 4.98 Å². The lowest BCUT2D eigenvalue weighted by atomic mass is 9.80. The Morgan fingerprint density at radius 1 is 0.815 bits per heavy atom. The molecule has 3 nitrogen and oxygen atoms in total. The number of benzene rings is 3. The Balaban J connectivity index is 1.87. The van der Waals surface area contributed by atoms with E-state index in [9.17, 15) is 5.11 Å². The summed E-state index contributed by atoms with van der Waals surface area (Å²) in [5, 5.41) is 17.3. The minimum atomic E-state index is -0.968. The van der Waals surface area contributed by atoms with Crippen molar-refractivity contribution in [2.24, 2.45) is 0 Å². The van der Waals surface area contributed by atoms with E-state index in [2.05, 4.69) is 53.5 Å². The van der Waals surface area contributed by atoms with Crippen LogP contribution in [0.4, 0.5) is 0 Å². The Morgan fingerprint density at radius 3 is 2.30 bits per heavy atom. The highest BCUT2D eigenvalue weighted by molar-refractivity contribution is 6.52. The summed E-state index contributed by atoms with van der Waals surface area (Å²) in [5.74, 6) is 0. The Kier molecular flexibility index (Phi) is 4.21. The van der Waals surface area contributed by atoms with Gasteiger partial charge in [0.05, 0.1) is 11.2 Å². The lowest BCUT2D eigenvalue weighted by molar-refractivity contribution is -0.0893. The van der Waals surface area contributed by atoms with Gasteiger partial charge in [0.1, 0.15) is 0 Å². The highest BCUT2D eigenvalue weighted by Crippen LogP contribution is 2.31. The smallest absolute Gasteiger partial charge is 0.333 e. The average molecular weight is 356 g/mol. The number of fused-ring (bicyclic) bond motifs is 5. The first-order valence-corrected chi connectivity index (χ1v) is 9.19. The topological polar surface area (TPSA) is 42.4 Å². The second-order valence-electron chi connectivity index (χ2n) is 8.08. The number of rotatable bonds is 4. The third kappa shape index (κ3) is 3.09. The third-order valence-corrected chi connectivity index (χ3v) is 5.63. The van der Waals surface area contributed by atoms with Gasteiger partial charge in [-0.1, -0.05) is 48.5 Å². The summed E-state index contributed by atoms with van der Waals surface area (Å²) in [4.78, 5) is 4.46. The van der Waals surface area contributed by atoms with E-state index < -0.39 is 11.2 Å². The molecule has 0 aliphatic heterocycles. The van der Waals surface area contributed by atoms with Crippen LogP contribution in [0.3, 0.4) is 0 Å². The van der Waals surface area contributed by atoms with Gasteiger partial charge in [0.2, 0.25) is 0 Å². The summed E-state index contributed by atoms with van der Waals surface area (Å²) in [6.45, 7) is 7.26. The Morgan fingerprint density at radius 2 is 1.52 bits per heavy atom. The van der Waals surface area contributed by atoms with Crippen LogP contribution < -0.4 is 5.46 Å². The lowest BCUT2D eigenvalue weighted by Crippen LogP contribution is -2.49. The van der Waals surface area contributed by atoms with Crippen LogP contribution in [0, 0.1) is 0 Å². The highest BCUT2D eigenvalue weighted by atomic mass is 16.5. The molecule has 0 saturated carbocycles. The molecule has 0 amide bonds. The van der Waals surface area contributed by atoms with Crippen molar-refractivity contribution in [1.29, 1.82) is 0 Å². The maximum Gasteiger partial charge on any atom is 0.333 e. The van der Waals surface area contributed by atoms with Crippen molar-refractivity contribution in [3.8, 4) is 0 Å². The number of aromatic nitrogens is 1. The zero-order valence-corrected chi connectivity index (χ0v) is 16.2. The summed E-state index contributed by atoms with van der Waals surface area (Å²) >= 11 is 0. The van der Waals surface area contributed by atoms with Crippen molar-refractivity contribution >= 4 is 45.3 Å². The molecule has 4 aromatic rings. The SMILES string of the molecule is CC(C)(O)C(C)(C)O[B]c1cncc2c1ccc1ccc3ccccc3c12. The van der Waals surface area contributed by atoms with Gasteiger partial charge in [0.25, 0.3) is 0 Å². The van der Waals surface area contributed by atoms with E-state index in [-0.39, 0.29) is 0 Å². The molecule has 0 unspecified atom stereocenters. The summed E-state index contributed by atoms with van der Waals surface area (Å²) in [6, 6.07) is 17.0. The Hall–Kier alpha value is -2.43. The summed E-state index contributed by atoms with van der Waals surface area (Å²) in [6.07, 6.45) is 3.72. The molecular weight excluding hydrogens is 333 g/mol. The number of hydrogen-bond donors (Lipinski definition) is 1. The average Bonchev–Trinajstić information content (AvgIpc) is 2.64. The van der Waals surface area contributed by atoms with Gasteiger partial charge >= 0.3 is 7.48 Å². The fraction of sp³-hybridized carbons (Fsp3) is 0.261. The fourth-order valence-electron chi connectivity index (χ4n) is 3.22. The van der Waals surface area contributed by atoms with Gasteiger partial charge in [0, 0.05) is 17.8 Å². The van der Waals surface area contributed by atoms with E-state index in [1.807, 2.05) is 20.0 Å². The number of hydrogen-bond acceptors (Lipinski definition) is 3. The van der Waals surface area contributed by atoms with Crippen LogP contribution in [-0.2, 0) is 4.65 Å². The van der Waals surface area contributed by atoms with Crippen molar-refractivity contribution in [2.45, 2.75) is 38.9 Å². The van der Waals surface area contributed by atoms with E-state index in [4.69, 9.17) is 4.65 Å². The first-order valence-electron chi connectivity index (χ1n) is 9.19. The largest absolute Gasteiger partial charge is 0.427 e. The first-order chi connectivity index (χ1) is 12.8. The molecule has 1 radical (unpaired) electrons. The normalized spacial score (nSPS) is 12.8. The van der Waals surface area contributed by atoms with E-state index in [1.165, 1.54) is 21.5 Å². The molecule has 135 valence electrons. The van der Waals surface area contributed by atoms with E-state index in [0.29, 0.717) is 0 Å². The van der Waals surface area contributed by atoms with E-state index in [1.54, 1.807) is 27.5 Å². The van der Waals surface area contributed by atoms with Crippen LogP contribution in [0.5, 0.6) is 0 Å². The fourth-order valence-corrected chi connectivity index (χ4v) is 3.22. The minimum absolute atomic E-state index is 0.724. The van der Waals surface area contributed by atoms with Gasteiger partial charge in [-0.2, -0.15) is 0 Å². The van der Waals surface area contributed by atoms with Crippen LogP contribution in [0.2, 0.25) is 0 Å². The van der Waals surface area contributed by atoms with Crippen molar-refractivity contribution in [3.05, 3.63) is 60.9 Å². The molecule has 0 aliphatic carbocycles. The predicted octanol–water partition coefficient (Wildman–Crippen LogP) is 4.35. The molecule has 4 heteroatoms. The minimum Gasteiger partial charge on any atom is -0.427 e. The van der Waals surface area contributed by atoms with Gasteiger partial charge in [-0.05, 0) is 60.1 Å². The molecule has 0 saturated heterocycles. The standard InChI is InChI=1S/C23H23BNO2/c1-22(2,26)23(3,4)27-24-20-14-25-13-19-18(20)12-11-16-10-9-15-7-5-6-8-17(15)21(16)19/h5-14,26H,1-4H3. The highest BCUT2D eigenvalue weighted by Gasteiger charge is 2.35. The molecule has 1 aromatic heterocycles. The van der Waals surface area contributed by atoms with Crippen molar-refractivity contribution in [2.75, 3.05) is 0 Å². The Labute approximate surface area is 160 Å². The number of nitrogens with zero attached hydrogens (tertiary/aromatic N) is 1. The van der Waals surface area contributed by atoms with Crippen LogP contribution >= 0.6 is 0 Å². The van der Waals surface area contributed by atoms with Crippen LogP contribution in [0.15, 0.2) is 60.9 Å². The summed E-state index contributed by atoms with van der Waals surface area (Å²) in [5.41, 5.74) is -0.789. The molecule has 0 bridgehead atoms. The summed E-state index contributed by atoms with van der Waals surface area (Å²) in [7, 11) is 1.71. The second-order valence-corrected chi connectivity index (χ2v) is 8.08. The maximum atomic E-state index is 10.3. The van der Waals surface area contributed by atoms with Crippen LogP contribution in [0.1, 0.15) is 27.7 Å². The zero-order valence-electron chi connectivity index (χ0n) is 16.2. The van der Waals surface area contributed by atoms with Gasteiger partial charge in [-0.15, -0.1) is 0 Å². The van der Waals surface area contributed by atoms with Crippen molar-refractivity contribution in [1.82, 2.24) is 4.98 Å². The third-order valence-electron chi connectivity index (χ3n) is 5.63. The van der Waals surface area contributed by atoms with Gasteiger partial charge < -0.3 is 9.76 Å². The quantitative estimate of drug-likeness (QED) is 0.437. The second kappa shape index (κ2) is 6.33. The molecule has 27 heavy (non-hydrogen) atoms. The first kappa shape index (κ1) is 18.0. The molecule has 3 aromatic carbocycles. The molecular formula is C23H23BNO2. The molecule has 0 atom stereocenters. The molecule has 1 N–H and O–H groups in total. The van der Waals surface area contributed by atoms with Gasteiger partial charge in [-0.25, -0.2) is 0 Å². The van der Waals surface area contributed by atoms with Crippen molar-refractivity contribution < 1.29 is 9.76 Å². The van der Waals surface area contributed by atoms with Crippen LogP contribution in [-0.4, -0.2) is 28.8 Å². The van der Waals surface area contributed by atoms with Crippen LogP contribution in [0.25, 0.3) is 32.3 Å². The van der Waals surface area contributed by atoms with Crippen molar-refractivity contribution in [3.63, 3.8) is 0 Å². The number of aliphatic hydroxyl groups is 1. The van der Waals surface area contributed by atoms with Gasteiger partial charge in [0.15, 0.2) is 0 Å². The van der Waals surface area contributed by atoms with E-state index in [0.717, 1.165) is 16.2 Å². The maximum absolute atomic E-state index is 10.3. The lowest BCUT2D eigenvalue weighted by Gasteiger charge is -2.37. The zero-order chi connectivity index (χ0) is 19.2. The monoisotopic (exact) mass is 356 g/mol. The number of pyridine rings is 1. The summed E-state index contributed by atoms with van der Waals surface area (Å²) < 4.78 is 5.97. The molecule has 0 aliphatic rings. The Bertz CT molecular complexity index is 1150. The molecule has 4 rings (SSSR count). The molecule has 1 heterocycles. The molecule has 0 fully saturated rings. The molecule has 0 spiro atoms. The van der Waals surface area contributed by atoms with E-state index >= 15 is 0 Å². The predicted molar refractivity (Wildman–Crippen MR) is 114 cm³/mol.